The van der Waals surface area contributed by atoms with Crippen LogP contribution >= 0.6 is 11.6 Å². The third-order valence-electron chi connectivity index (χ3n) is 2.29. The summed E-state index contributed by atoms with van der Waals surface area (Å²) in [6.45, 7) is 0. The number of rotatable bonds is 2. The van der Waals surface area contributed by atoms with Crippen LogP contribution in [0.4, 0.5) is 4.39 Å². The van der Waals surface area contributed by atoms with Crippen molar-refractivity contribution < 1.29 is 9.13 Å². The van der Waals surface area contributed by atoms with E-state index in [1.165, 1.54) is 25.4 Å². The van der Waals surface area contributed by atoms with Gasteiger partial charge in [0.05, 0.1) is 24.6 Å². The van der Waals surface area contributed by atoms with Crippen LogP contribution in [0.1, 0.15) is 5.69 Å². The minimum Gasteiger partial charge on any atom is -0.496 e. The van der Waals surface area contributed by atoms with E-state index in [9.17, 15) is 4.39 Å². The lowest BCUT2D eigenvalue weighted by molar-refractivity contribution is 0.413. The zero-order valence-electron chi connectivity index (χ0n) is 9.32. The van der Waals surface area contributed by atoms with E-state index in [-0.39, 0.29) is 22.1 Å². The molecule has 18 heavy (non-hydrogen) atoms. The first kappa shape index (κ1) is 12.3. The lowest BCUT2D eigenvalue weighted by Crippen LogP contribution is -1.96. The lowest BCUT2D eigenvalue weighted by atomic mass is 10.1. The maximum Gasteiger partial charge on any atom is 0.177 e. The molecule has 0 atom stereocenters. The first-order chi connectivity index (χ1) is 8.67. The van der Waals surface area contributed by atoms with Gasteiger partial charge in [-0.15, -0.1) is 0 Å². The fourth-order valence-corrected chi connectivity index (χ4v) is 1.67. The van der Waals surface area contributed by atoms with Gasteiger partial charge in [-0.05, 0) is 12.1 Å². The highest BCUT2D eigenvalue weighted by molar-refractivity contribution is 6.30. The minimum absolute atomic E-state index is 0.00396. The van der Waals surface area contributed by atoms with Crippen molar-refractivity contribution in [3.05, 3.63) is 41.1 Å². The molecule has 1 heterocycles. The predicted molar refractivity (Wildman–Crippen MR) is 63.7 cm³/mol. The molecule has 1 aromatic carbocycles. The van der Waals surface area contributed by atoms with Crippen molar-refractivity contribution in [3.63, 3.8) is 0 Å². The molecular formula is C12H7ClFN3O. The van der Waals surface area contributed by atoms with Gasteiger partial charge in [0.1, 0.15) is 17.6 Å². The zero-order valence-corrected chi connectivity index (χ0v) is 10.1. The molecule has 0 amide bonds. The maximum absolute atomic E-state index is 13.8. The molecule has 0 spiro atoms. The van der Waals surface area contributed by atoms with E-state index in [0.29, 0.717) is 5.75 Å². The molecule has 2 rings (SSSR count). The van der Waals surface area contributed by atoms with Gasteiger partial charge in [-0.2, -0.15) is 5.26 Å². The Morgan fingerprint density at radius 3 is 2.83 bits per heavy atom. The summed E-state index contributed by atoms with van der Waals surface area (Å²) in [5, 5.41) is 8.63. The van der Waals surface area contributed by atoms with Gasteiger partial charge in [0.15, 0.2) is 10.8 Å². The van der Waals surface area contributed by atoms with Crippen molar-refractivity contribution in [3.8, 4) is 23.1 Å². The van der Waals surface area contributed by atoms with Crippen LogP contribution in [0.15, 0.2) is 24.4 Å². The van der Waals surface area contributed by atoms with E-state index in [1.54, 1.807) is 12.1 Å². The second-order valence-electron chi connectivity index (χ2n) is 3.32. The number of nitrogens with zero attached hydrogens (tertiary/aromatic N) is 3. The molecule has 0 unspecified atom stereocenters. The molecule has 0 radical (unpaired) electrons. The van der Waals surface area contributed by atoms with Gasteiger partial charge >= 0.3 is 0 Å². The lowest BCUT2D eigenvalue weighted by Gasteiger charge is -2.08. The van der Waals surface area contributed by atoms with Crippen molar-refractivity contribution in [1.82, 2.24) is 9.97 Å². The van der Waals surface area contributed by atoms with Crippen LogP contribution in [0, 0.1) is 17.1 Å². The molecule has 1 aromatic heterocycles. The Morgan fingerprint density at radius 2 is 2.22 bits per heavy atom. The summed E-state index contributed by atoms with van der Waals surface area (Å²) < 4.78 is 18.8. The maximum atomic E-state index is 13.8. The Labute approximate surface area is 108 Å². The molecular weight excluding hydrogens is 257 g/mol. The largest absolute Gasteiger partial charge is 0.496 e. The number of hydrogen-bond acceptors (Lipinski definition) is 4. The fourth-order valence-electron chi connectivity index (χ4n) is 1.49. The number of halogens is 2. The average molecular weight is 264 g/mol. The van der Waals surface area contributed by atoms with Crippen molar-refractivity contribution >= 4 is 11.6 Å². The fraction of sp³-hybridized carbons (Fsp3) is 0.0833. The molecule has 2 aromatic rings. The number of aromatic nitrogens is 2. The number of ether oxygens (including phenoxy) is 1. The number of hydrogen-bond donors (Lipinski definition) is 0. The van der Waals surface area contributed by atoms with Gasteiger partial charge in [-0.1, -0.05) is 17.7 Å². The van der Waals surface area contributed by atoms with Crippen molar-refractivity contribution in [2.24, 2.45) is 0 Å². The highest BCUT2D eigenvalue weighted by Crippen LogP contribution is 2.31. The topological polar surface area (TPSA) is 58.8 Å². The smallest absolute Gasteiger partial charge is 0.177 e. The van der Waals surface area contributed by atoms with Gasteiger partial charge in [-0.3, -0.25) is 0 Å². The highest BCUT2D eigenvalue weighted by Gasteiger charge is 2.15. The molecule has 0 aliphatic heterocycles. The Balaban J connectivity index is 2.63. The molecule has 90 valence electrons. The normalized spacial score (nSPS) is 9.89. The van der Waals surface area contributed by atoms with Crippen molar-refractivity contribution in [2.75, 3.05) is 7.11 Å². The minimum atomic E-state index is -0.496. The van der Waals surface area contributed by atoms with Gasteiger partial charge in [-0.25, -0.2) is 14.4 Å². The van der Waals surface area contributed by atoms with Gasteiger partial charge in [0, 0.05) is 0 Å². The predicted octanol–water partition coefficient (Wildman–Crippen LogP) is 2.82. The second kappa shape index (κ2) is 4.98. The first-order valence-electron chi connectivity index (χ1n) is 4.93. The molecule has 0 N–H and O–H groups in total. The molecule has 4 nitrogen and oxygen atoms in total. The number of nitriles is 1. The summed E-state index contributed by atoms with van der Waals surface area (Å²) >= 11 is 5.77. The molecule has 6 heteroatoms. The zero-order chi connectivity index (χ0) is 13.1. The first-order valence-corrected chi connectivity index (χ1v) is 5.30. The van der Waals surface area contributed by atoms with Crippen LogP contribution in [0.3, 0.4) is 0 Å². The van der Waals surface area contributed by atoms with Crippen LogP contribution in [0.2, 0.25) is 5.15 Å². The summed E-state index contributed by atoms with van der Waals surface area (Å²) in [4.78, 5) is 7.76. The van der Waals surface area contributed by atoms with Crippen molar-refractivity contribution in [2.45, 2.75) is 0 Å². The van der Waals surface area contributed by atoms with Crippen LogP contribution in [0.25, 0.3) is 11.3 Å². The summed E-state index contributed by atoms with van der Waals surface area (Å²) in [5.41, 5.74) is 0.378. The summed E-state index contributed by atoms with van der Waals surface area (Å²) in [6.07, 6.45) is 1.28. The monoisotopic (exact) mass is 263 g/mol. The molecule has 0 aliphatic rings. The average Bonchev–Trinajstić information content (AvgIpc) is 2.38. The third-order valence-corrected chi connectivity index (χ3v) is 2.55. The van der Waals surface area contributed by atoms with E-state index in [2.05, 4.69) is 9.97 Å². The third kappa shape index (κ3) is 2.11. The van der Waals surface area contributed by atoms with Crippen LogP contribution < -0.4 is 4.74 Å². The molecule has 0 saturated heterocycles. The van der Waals surface area contributed by atoms with E-state index in [4.69, 9.17) is 21.6 Å². The molecule has 0 fully saturated rings. The molecule has 0 saturated carbocycles. The Hall–Kier alpha value is -2.19. The summed E-state index contributed by atoms with van der Waals surface area (Å²) in [6, 6.07) is 6.20. The Kier molecular flexibility index (Phi) is 3.40. The highest BCUT2D eigenvalue weighted by atomic mass is 35.5. The number of methoxy groups -OCH3 is 1. The van der Waals surface area contributed by atoms with E-state index < -0.39 is 5.82 Å². The summed E-state index contributed by atoms with van der Waals surface area (Å²) in [7, 11) is 1.43. The SMILES string of the molecule is COc1cccc(F)c1-c1cnc(C#N)c(Cl)n1. The standard InChI is InChI=1S/C12H7ClFN3O/c1-18-10-4-2-3-7(14)11(10)9-6-16-8(5-15)12(13)17-9/h2-4,6H,1H3. The van der Waals surface area contributed by atoms with Crippen LogP contribution in [-0.4, -0.2) is 17.1 Å². The summed E-state index contributed by atoms with van der Waals surface area (Å²) in [5.74, 6) is -0.172. The molecule has 0 aliphatic carbocycles. The quantitative estimate of drug-likeness (QED) is 0.836. The van der Waals surface area contributed by atoms with E-state index in [1.807, 2.05) is 0 Å². The van der Waals surface area contributed by atoms with Gasteiger partial charge < -0.3 is 4.74 Å². The molecule has 0 bridgehead atoms. The van der Waals surface area contributed by atoms with Crippen LogP contribution in [0.5, 0.6) is 5.75 Å². The second-order valence-corrected chi connectivity index (χ2v) is 3.68. The van der Waals surface area contributed by atoms with Crippen molar-refractivity contribution in [1.29, 1.82) is 5.26 Å². The van der Waals surface area contributed by atoms with Gasteiger partial charge in [0.25, 0.3) is 0 Å². The van der Waals surface area contributed by atoms with Gasteiger partial charge in [0.2, 0.25) is 0 Å². The Morgan fingerprint density at radius 1 is 1.44 bits per heavy atom. The van der Waals surface area contributed by atoms with E-state index in [0.717, 1.165) is 0 Å². The number of benzene rings is 1. The Bertz CT molecular complexity index is 640. The van der Waals surface area contributed by atoms with Crippen LogP contribution in [-0.2, 0) is 0 Å². The van der Waals surface area contributed by atoms with E-state index >= 15 is 0 Å².